The number of rotatable bonds is 3. The van der Waals surface area contributed by atoms with Gasteiger partial charge in [0.05, 0.1) is 6.61 Å². The Bertz CT molecular complexity index is 414. The van der Waals surface area contributed by atoms with E-state index in [2.05, 4.69) is 10.0 Å². The first kappa shape index (κ1) is 15.6. The molecule has 19 heavy (non-hydrogen) atoms. The van der Waals surface area contributed by atoms with Gasteiger partial charge in [0.25, 0.3) is 5.91 Å². The van der Waals surface area contributed by atoms with Crippen molar-refractivity contribution in [2.24, 2.45) is 5.11 Å². The largest absolute Gasteiger partial charge is 0.393 e. The highest BCUT2D eigenvalue weighted by atomic mass is 16.7. The third-order valence-corrected chi connectivity index (χ3v) is 2.64. The number of azide groups is 1. The average Bonchev–Trinajstić information content (AvgIpc) is 2.33. The van der Waals surface area contributed by atoms with Crippen LogP contribution >= 0.6 is 0 Å². The first-order valence-electron chi connectivity index (χ1n) is 5.15. The molecule has 1 heterocycles. The summed E-state index contributed by atoms with van der Waals surface area (Å²) in [6.07, 6.45) is -6.18. The molecule has 1 aliphatic rings. The fraction of sp³-hybridized carbons (Fsp3) is 0.875. The quantitative estimate of drug-likeness (QED) is 0.136. The number of amides is 1. The van der Waals surface area contributed by atoms with Gasteiger partial charge < -0.3 is 35.6 Å². The zero-order valence-electron chi connectivity index (χ0n) is 9.83. The Morgan fingerprint density at radius 2 is 2.05 bits per heavy atom. The van der Waals surface area contributed by atoms with Gasteiger partial charge in [-0.15, -0.1) is 0 Å². The average molecular weight is 278 g/mol. The highest BCUT2D eigenvalue weighted by Crippen LogP contribution is 2.34. The van der Waals surface area contributed by atoms with E-state index in [1.54, 1.807) is 5.32 Å². The molecule has 0 unspecified atom stereocenters. The maximum absolute atomic E-state index is 10.9. The van der Waals surface area contributed by atoms with Crippen molar-refractivity contribution in [3.8, 4) is 0 Å². The van der Waals surface area contributed by atoms with Crippen LogP contribution in [0, 0.1) is 0 Å². The topological polar surface area (TPSA) is 188 Å². The molecular formula is C8H14N4O7. The minimum absolute atomic E-state index is 0.835. The summed E-state index contributed by atoms with van der Waals surface area (Å²) in [5.41, 5.74) is 5.93. The van der Waals surface area contributed by atoms with E-state index in [-0.39, 0.29) is 0 Å². The third kappa shape index (κ3) is 2.62. The number of hydrogen-bond acceptors (Lipinski definition) is 8. The molecule has 1 rings (SSSR count). The number of carbonyl (C=O) groups is 1. The molecule has 0 radical (unpaired) electrons. The summed E-state index contributed by atoms with van der Waals surface area (Å²) in [6, 6.07) is 0. The lowest BCUT2D eigenvalue weighted by Crippen LogP contribution is -2.75. The van der Waals surface area contributed by atoms with Crippen LogP contribution in [0.25, 0.3) is 10.4 Å². The molecule has 0 aliphatic carbocycles. The summed E-state index contributed by atoms with van der Waals surface area (Å²) in [5, 5.41) is 52.7. The molecule has 1 saturated heterocycles. The predicted octanol–water partition coefficient (Wildman–Crippen LogP) is -3.12. The summed E-state index contributed by atoms with van der Waals surface area (Å²) >= 11 is 0. The first-order chi connectivity index (χ1) is 8.72. The van der Waals surface area contributed by atoms with Crippen molar-refractivity contribution in [1.29, 1.82) is 0 Å². The van der Waals surface area contributed by atoms with Crippen LogP contribution in [-0.2, 0) is 9.53 Å². The van der Waals surface area contributed by atoms with Gasteiger partial charge in [0, 0.05) is 11.8 Å². The van der Waals surface area contributed by atoms with E-state index in [0.29, 0.717) is 0 Å². The molecular weight excluding hydrogens is 264 g/mol. The van der Waals surface area contributed by atoms with Crippen molar-refractivity contribution in [2.45, 2.75) is 36.9 Å². The molecule has 1 aliphatic heterocycles. The maximum atomic E-state index is 10.9. The van der Waals surface area contributed by atoms with Crippen LogP contribution in [0.2, 0.25) is 0 Å². The van der Waals surface area contributed by atoms with E-state index in [9.17, 15) is 25.2 Å². The number of hydrogen-bond donors (Lipinski definition) is 6. The van der Waals surface area contributed by atoms with Crippen LogP contribution in [-0.4, -0.2) is 68.0 Å². The lowest BCUT2D eigenvalue weighted by molar-refractivity contribution is -0.388. The summed E-state index contributed by atoms with van der Waals surface area (Å²) in [4.78, 5) is 13.3. The Labute approximate surface area is 106 Å². The monoisotopic (exact) mass is 278 g/mol. The second-order valence-corrected chi connectivity index (χ2v) is 4.05. The van der Waals surface area contributed by atoms with Crippen LogP contribution < -0.4 is 5.32 Å². The van der Waals surface area contributed by atoms with Gasteiger partial charge in [-0.2, -0.15) is 0 Å². The SMILES string of the molecule is CC(=O)N[C@@]1(O)O[C@@](CO)(N=[N+]=[N-])[C@@H](O)[C@H](O)[C@@H]1O. The van der Waals surface area contributed by atoms with Crippen LogP contribution in [0.4, 0.5) is 0 Å². The van der Waals surface area contributed by atoms with E-state index < -0.39 is 42.5 Å². The van der Waals surface area contributed by atoms with Crippen molar-refractivity contribution in [2.75, 3.05) is 6.61 Å². The zero-order chi connectivity index (χ0) is 14.8. The lowest BCUT2D eigenvalue weighted by atomic mass is 9.92. The fourth-order valence-corrected chi connectivity index (χ4v) is 1.73. The van der Waals surface area contributed by atoms with Crippen LogP contribution in [0.15, 0.2) is 5.11 Å². The van der Waals surface area contributed by atoms with Gasteiger partial charge in [-0.05, 0) is 5.53 Å². The normalized spacial score (nSPS) is 42.3. The van der Waals surface area contributed by atoms with E-state index in [1.165, 1.54) is 0 Å². The Kier molecular flexibility index (Phi) is 4.32. The molecule has 5 atom stereocenters. The van der Waals surface area contributed by atoms with Crippen LogP contribution in [0.1, 0.15) is 6.92 Å². The third-order valence-electron chi connectivity index (χ3n) is 2.64. The Hall–Kier alpha value is -1.46. The molecule has 0 aromatic rings. The van der Waals surface area contributed by atoms with Crippen molar-refractivity contribution in [3.63, 3.8) is 0 Å². The molecule has 0 spiro atoms. The highest BCUT2D eigenvalue weighted by molar-refractivity contribution is 5.73. The number of aliphatic hydroxyl groups is 5. The minimum atomic E-state index is -2.83. The van der Waals surface area contributed by atoms with Gasteiger partial charge in [0.1, 0.15) is 12.2 Å². The van der Waals surface area contributed by atoms with Gasteiger partial charge in [0.2, 0.25) is 11.6 Å². The van der Waals surface area contributed by atoms with E-state index >= 15 is 0 Å². The molecule has 1 amide bonds. The summed E-state index contributed by atoms with van der Waals surface area (Å²) in [6.45, 7) is -0.121. The van der Waals surface area contributed by atoms with Crippen molar-refractivity contribution in [3.05, 3.63) is 10.4 Å². The smallest absolute Gasteiger partial charge is 0.279 e. The molecule has 11 nitrogen and oxygen atoms in total. The summed E-state index contributed by atoms with van der Waals surface area (Å²) < 4.78 is 4.75. The minimum Gasteiger partial charge on any atom is -0.393 e. The zero-order valence-corrected chi connectivity index (χ0v) is 9.83. The second-order valence-electron chi connectivity index (χ2n) is 4.05. The van der Waals surface area contributed by atoms with Gasteiger partial charge in [-0.25, -0.2) is 0 Å². The number of carbonyl (C=O) groups excluding carboxylic acids is 1. The highest BCUT2D eigenvalue weighted by Gasteiger charge is 2.60. The van der Waals surface area contributed by atoms with Crippen LogP contribution in [0.5, 0.6) is 0 Å². The van der Waals surface area contributed by atoms with E-state index in [0.717, 1.165) is 6.92 Å². The number of ether oxygens (including phenoxy) is 1. The molecule has 0 saturated carbocycles. The maximum Gasteiger partial charge on any atom is 0.279 e. The van der Waals surface area contributed by atoms with Gasteiger partial charge in [-0.1, -0.05) is 5.11 Å². The molecule has 11 heteroatoms. The molecule has 1 fully saturated rings. The Balaban J connectivity index is 3.23. The second kappa shape index (κ2) is 5.27. The van der Waals surface area contributed by atoms with Gasteiger partial charge in [-0.3, -0.25) is 4.79 Å². The first-order valence-corrected chi connectivity index (χ1v) is 5.15. The summed E-state index contributed by atoms with van der Waals surface area (Å²) in [7, 11) is 0. The van der Waals surface area contributed by atoms with Gasteiger partial charge in [0.15, 0.2) is 6.10 Å². The lowest BCUT2D eigenvalue weighted by Gasteiger charge is -2.49. The number of nitrogens with one attached hydrogen (secondary N) is 1. The Morgan fingerprint density at radius 1 is 1.47 bits per heavy atom. The van der Waals surface area contributed by atoms with Crippen molar-refractivity contribution in [1.82, 2.24) is 5.32 Å². The molecule has 0 bridgehead atoms. The predicted molar refractivity (Wildman–Crippen MR) is 56.8 cm³/mol. The van der Waals surface area contributed by atoms with Crippen molar-refractivity contribution >= 4 is 5.91 Å². The van der Waals surface area contributed by atoms with E-state index in [4.69, 9.17) is 15.4 Å². The Morgan fingerprint density at radius 3 is 2.47 bits per heavy atom. The van der Waals surface area contributed by atoms with Gasteiger partial charge >= 0.3 is 0 Å². The number of nitrogens with zero attached hydrogens (tertiary/aromatic N) is 3. The van der Waals surface area contributed by atoms with E-state index in [1.807, 2.05) is 0 Å². The fourth-order valence-electron chi connectivity index (χ4n) is 1.73. The molecule has 0 aromatic carbocycles. The number of aliphatic hydroxyl groups excluding tert-OH is 4. The standard InChI is InChI=1S/C8H14N4O7/c1-3(14)10-8(18)6(17)4(15)5(16)7(2-13,19-8)11-12-9/h4-6,13,15-18H,2H2,1H3,(H,10,14)/t4-,5-,6-,7+,8-/m0/s1. The summed E-state index contributed by atoms with van der Waals surface area (Å²) in [5.74, 6) is -3.67. The molecule has 6 N–H and O–H groups in total. The molecule has 108 valence electrons. The van der Waals surface area contributed by atoms with Crippen molar-refractivity contribution < 1.29 is 35.1 Å². The van der Waals surface area contributed by atoms with Crippen LogP contribution in [0.3, 0.4) is 0 Å². The molecule has 0 aromatic heterocycles.